The van der Waals surface area contributed by atoms with Gasteiger partial charge in [0.15, 0.2) is 5.82 Å². The Labute approximate surface area is 186 Å². The predicted octanol–water partition coefficient (Wildman–Crippen LogP) is 3.41. The van der Waals surface area contributed by atoms with Crippen molar-refractivity contribution in [2.24, 2.45) is 0 Å². The van der Waals surface area contributed by atoms with Crippen molar-refractivity contribution in [3.05, 3.63) is 22.6 Å². The first-order valence-corrected chi connectivity index (χ1v) is 11.6. The van der Waals surface area contributed by atoms with Crippen molar-refractivity contribution in [2.75, 3.05) is 24.6 Å². The number of hydrogen-bond donors (Lipinski definition) is 1. The van der Waals surface area contributed by atoms with Crippen molar-refractivity contribution in [3.63, 3.8) is 0 Å². The number of aromatic nitrogens is 5. The van der Waals surface area contributed by atoms with Gasteiger partial charge in [-0.15, -0.1) is 21.5 Å². The Balaban J connectivity index is 1.46. The highest BCUT2D eigenvalue weighted by atomic mass is 32.1. The third-order valence-electron chi connectivity index (χ3n) is 5.78. The topological polar surface area (TPSA) is 81.0 Å². The Hall–Kier alpha value is -2.47. The van der Waals surface area contributed by atoms with Crippen LogP contribution in [0.25, 0.3) is 10.2 Å². The molecule has 0 radical (unpaired) electrons. The number of thiophene rings is 1. The summed E-state index contributed by atoms with van der Waals surface area (Å²) in [5.41, 5.74) is 0. The monoisotopic (exact) mass is 467 g/mol. The highest BCUT2D eigenvalue weighted by Crippen LogP contribution is 2.36. The zero-order chi connectivity index (χ0) is 22.3. The van der Waals surface area contributed by atoms with Gasteiger partial charge in [0.2, 0.25) is 5.82 Å². The summed E-state index contributed by atoms with van der Waals surface area (Å²) in [5, 5.41) is 11.5. The fraction of sp³-hybridized carbons (Fsp3) is 0.600. The Morgan fingerprint density at radius 3 is 2.88 bits per heavy atom. The molecule has 0 aliphatic carbocycles. The Bertz CT molecular complexity index is 1110. The average molecular weight is 468 g/mol. The van der Waals surface area contributed by atoms with Gasteiger partial charge in [-0.05, 0) is 31.9 Å². The summed E-state index contributed by atoms with van der Waals surface area (Å²) in [4.78, 5) is 13.3. The van der Waals surface area contributed by atoms with E-state index in [1.54, 1.807) is 11.3 Å². The maximum atomic E-state index is 13.2. The first kappa shape index (κ1) is 21.4. The van der Waals surface area contributed by atoms with Crippen LogP contribution in [0.3, 0.4) is 0 Å². The van der Waals surface area contributed by atoms with Gasteiger partial charge in [0.05, 0.1) is 11.9 Å². The molecule has 0 amide bonds. The number of aryl methyl sites for hydroxylation is 1. The van der Waals surface area contributed by atoms with Crippen LogP contribution >= 0.6 is 11.3 Å². The zero-order valence-electron chi connectivity index (χ0n) is 17.7. The number of nitrogens with zero attached hydrogens (tertiary/aromatic N) is 6. The van der Waals surface area contributed by atoms with E-state index >= 15 is 0 Å². The molecule has 3 aromatic rings. The van der Waals surface area contributed by atoms with Crippen molar-refractivity contribution in [1.82, 2.24) is 30.0 Å². The summed E-state index contributed by atoms with van der Waals surface area (Å²) < 4.78 is 46.7. The molecule has 0 unspecified atom stereocenters. The SMILES string of the molecule is CCCc1cc2c(N3CCn4c(nnc4C(F)(F)F)C3)nc(OC[C@@H]3CCCN3)nc2s1. The third-order valence-corrected chi connectivity index (χ3v) is 6.87. The van der Waals surface area contributed by atoms with Gasteiger partial charge in [-0.1, -0.05) is 13.3 Å². The second-order valence-corrected chi connectivity index (χ2v) is 9.24. The lowest BCUT2D eigenvalue weighted by Gasteiger charge is -2.29. The summed E-state index contributed by atoms with van der Waals surface area (Å²) in [5.74, 6) is -0.00315. The fourth-order valence-corrected chi connectivity index (χ4v) is 5.35. The van der Waals surface area contributed by atoms with Gasteiger partial charge >= 0.3 is 12.2 Å². The van der Waals surface area contributed by atoms with Crippen LogP contribution in [0.2, 0.25) is 0 Å². The Morgan fingerprint density at radius 1 is 1.25 bits per heavy atom. The molecule has 5 rings (SSSR count). The molecule has 0 saturated carbocycles. The first-order chi connectivity index (χ1) is 15.4. The highest BCUT2D eigenvalue weighted by Gasteiger charge is 2.39. The highest BCUT2D eigenvalue weighted by molar-refractivity contribution is 7.18. The van der Waals surface area contributed by atoms with E-state index in [9.17, 15) is 13.2 Å². The lowest BCUT2D eigenvalue weighted by Crippen LogP contribution is -2.36. The van der Waals surface area contributed by atoms with Gasteiger partial charge in [-0.3, -0.25) is 0 Å². The first-order valence-electron chi connectivity index (χ1n) is 10.8. The molecule has 1 fully saturated rings. The number of alkyl halides is 3. The molecule has 8 nitrogen and oxygen atoms in total. The minimum absolute atomic E-state index is 0.136. The average Bonchev–Trinajstić information content (AvgIpc) is 3.49. The molecular weight excluding hydrogens is 443 g/mol. The maximum absolute atomic E-state index is 13.2. The molecule has 1 atom stereocenters. The molecule has 12 heteroatoms. The van der Waals surface area contributed by atoms with Crippen LogP contribution in [0.15, 0.2) is 6.07 Å². The van der Waals surface area contributed by atoms with Gasteiger partial charge in [-0.2, -0.15) is 23.1 Å². The molecule has 1 saturated heterocycles. The molecular formula is C20H24F3N7OS. The van der Waals surface area contributed by atoms with E-state index < -0.39 is 12.0 Å². The minimum Gasteiger partial charge on any atom is -0.462 e. The van der Waals surface area contributed by atoms with Crippen LogP contribution in [-0.2, 0) is 25.7 Å². The molecule has 2 aliphatic rings. The summed E-state index contributed by atoms with van der Waals surface area (Å²) in [6, 6.07) is 2.67. The molecule has 0 bridgehead atoms. The van der Waals surface area contributed by atoms with Gasteiger partial charge < -0.3 is 19.5 Å². The predicted molar refractivity (Wildman–Crippen MR) is 114 cm³/mol. The van der Waals surface area contributed by atoms with Gasteiger partial charge in [0.1, 0.15) is 17.3 Å². The number of fused-ring (bicyclic) bond motifs is 2. The van der Waals surface area contributed by atoms with Gasteiger partial charge in [-0.25, -0.2) is 0 Å². The van der Waals surface area contributed by atoms with Crippen molar-refractivity contribution in [3.8, 4) is 6.01 Å². The second kappa shape index (κ2) is 8.47. The van der Waals surface area contributed by atoms with Crippen LogP contribution in [0.5, 0.6) is 6.01 Å². The third kappa shape index (κ3) is 4.13. The summed E-state index contributed by atoms with van der Waals surface area (Å²) >= 11 is 1.61. The second-order valence-electron chi connectivity index (χ2n) is 8.13. The van der Waals surface area contributed by atoms with Crippen molar-refractivity contribution in [1.29, 1.82) is 0 Å². The van der Waals surface area contributed by atoms with E-state index in [-0.39, 0.29) is 25.0 Å². The van der Waals surface area contributed by atoms with Crippen LogP contribution in [0, 0.1) is 0 Å². The number of ether oxygens (including phenoxy) is 1. The number of rotatable bonds is 6. The van der Waals surface area contributed by atoms with E-state index in [1.165, 1.54) is 4.88 Å². The summed E-state index contributed by atoms with van der Waals surface area (Å²) in [6.45, 7) is 4.29. The number of nitrogens with one attached hydrogen (secondary N) is 1. The molecule has 2 aliphatic heterocycles. The molecule has 172 valence electrons. The van der Waals surface area contributed by atoms with E-state index in [1.807, 2.05) is 4.90 Å². The van der Waals surface area contributed by atoms with Crippen molar-refractivity contribution in [2.45, 2.75) is 57.9 Å². The Kier molecular flexibility index (Phi) is 5.66. The summed E-state index contributed by atoms with van der Waals surface area (Å²) in [6.07, 6.45) is -0.393. The molecule has 0 spiro atoms. The lowest BCUT2D eigenvalue weighted by atomic mass is 10.2. The largest absolute Gasteiger partial charge is 0.462 e. The maximum Gasteiger partial charge on any atom is 0.451 e. The smallest absolute Gasteiger partial charge is 0.451 e. The molecule has 32 heavy (non-hydrogen) atoms. The Morgan fingerprint density at radius 2 is 2.12 bits per heavy atom. The van der Waals surface area contributed by atoms with Crippen molar-refractivity contribution >= 4 is 27.4 Å². The fourth-order valence-electron chi connectivity index (χ4n) is 4.23. The van der Waals surface area contributed by atoms with Crippen LogP contribution in [0.4, 0.5) is 19.0 Å². The van der Waals surface area contributed by atoms with Crippen LogP contribution in [0.1, 0.15) is 42.7 Å². The van der Waals surface area contributed by atoms with Crippen molar-refractivity contribution < 1.29 is 17.9 Å². The number of anilines is 1. The van der Waals surface area contributed by atoms with Crippen LogP contribution < -0.4 is 15.0 Å². The van der Waals surface area contributed by atoms with Crippen LogP contribution in [-0.4, -0.2) is 50.5 Å². The number of hydrogen-bond acceptors (Lipinski definition) is 8. The molecule has 3 aromatic heterocycles. The van der Waals surface area contributed by atoms with Gasteiger partial charge in [0.25, 0.3) is 0 Å². The molecule has 0 aromatic carbocycles. The standard InChI is InChI=1S/C20H24F3N7OS/c1-2-4-13-9-14-16(25-19(26-17(14)32-13)31-11-12-5-3-6-24-12)29-7-8-30-15(10-29)27-28-18(30)20(21,22)23/h9,12,24H,2-8,10-11H2,1H3/t12-/m0/s1. The summed E-state index contributed by atoms with van der Waals surface area (Å²) in [7, 11) is 0. The van der Waals surface area contributed by atoms with E-state index in [2.05, 4.69) is 38.5 Å². The van der Waals surface area contributed by atoms with E-state index in [0.717, 1.165) is 47.0 Å². The number of halogens is 3. The quantitative estimate of drug-likeness (QED) is 0.595. The zero-order valence-corrected chi connectivity index (χ0v) is 18.5. The molecule has 5 heterocycles. The minimum atomic E-state index is -4.52. The van der Waals surface area contributed by atoms with Gasteiger partial charge in [0, 0.05) is 24.0 Å². The normalized spacial score (nSPS) is 19.0. The van der Waals surface area contributed by atoms with E-state index in [4.69, 9.17) is 4.74 Å². The van der Waals surface area contributed by atoms with E-state index in [0.29, 0.717) is 25.0 Å². The lowest BCUT2D eigenvalue weighted by molar-refractivity contribution is -0.147. The molecule has 1 N–H and O–H groups in total.